The topological polar surface area (TPSA) is 25.8 Å². The fourth-order valence-corrected chi connectivity index (χ4v) is 0.201. The number of hydrogen-bond donors (Lipinski definition) is 1. The summed E-state index contributed by atoms with van der Waals surface area (Å²) in [7, 11) is 5.20. The fourth-order valence-electron chi connectivity index (χ4n) is 0.201. The molecule has 0 aromatic carbocycles. The van der Waals surface area contributed by atoms with Gasteiger partial charge in [-0.25, -0.2) is 0 Å². The van der Waals surface area contributed by atoms with E-state index >= 15 is 0 Å². The van der Waals surface area contributed by atoms with Crippen LogP contribution in [0.5, 0.6) is 0 Å². The van der Waals surface area contributed by atoms with Crippen LogP contribution in [0.1, 0.15) is 0 Å². The molecule has 2 nitrogen and oxygen atoms in total. The molecule has 0 amide bonds. The summed E-state index contributed by atoms with van der Waals surface area (Å²) in [6, 6.07) is 0. The summed E-state index contributed by atoms with van der Waals surface area (Å²) < 4.78 is 4.71. The second-order valence-electron chi connectivity index (χ2n) is 1.07. The van der Waals surface area contributed by atoms with Crippen molar-refractivity contribution >= 4 is 0 Å². The van der Waals surface area contributed by atoms with Gasteiger partial charge in [-0.1, -0.05) is 0 Å². The Labute approximate surface area is 38.5 Å². The van der Waals surface area contributed by atoms with Crippen molar-refractivity contribution in [2.24, 2.45) is 0 Å². The second kappa shape index (κ2) is 4.92. The van der Waals surface area contributed by atoms with E-state index in [-0.39, 0.29) is 0 Å². The summed E-state index contributed by atoms with van der Waals surface area (Å²) in [6.07, 6.45) is 0. The average Bonchev–Trinajstić information content (AvgIpc) is 1.61. The summed E-state index contributed by atoms with van der Waals surface area (Å²) >= 11 is 0. The SMILES string of the molecule is [CH2-][NH2+]CCOC. The van der Waals surface area contributed by atoms with E-state index < -0.39 is 0 Å². The number of methoxy groups -OCH3 is 1. The lowest BCUT2D eigenvalue weighted by molar-refractivity contribution is -0.597. The first-order chi connectivity index (χ1) is 2.91. The van der Waals surface area contributed by atoms with Crippen molar-refractivity contribution in [3.8, 4) is 0 Å². The predicted octanol–water partition coefficient (Wildman–Crippen LogP) is -1.01. The third kappa shape index (κ3) is 3.92. The van der Waals surface area contributed by atoms with Gasteiger partial charge >= 0.3 is 0 Å². The molecule has 0 aromatic rings. The molecule has 0 radical (unpaired) electrons. The highest BCUT2D eigenvalue weighted by Gasteiger charge is 1.72. The molecule has 0 aromatic heterocycles. The first kappa shape index (κ1) is 5.92. The molecule has 0 aliphatic heterocycles. The maximum absolute atomic E-state index is 4.71. The fraction of sp³-hybridized carbons (Fsp3) is 0.750. The van der Waals surface area contributed by atoms with Crippen LogP contribution >= 0.6 is 0 Å². The monoisotopic (exact) mass is 89.1 g/mol. The largest absolute Gasteiger partial charge is 0.477 e. The van der Waals surface area contributed by atoms with Gasteiger partial charge in [0.15, 0.2) is 0 Å². The summed E-state index contributed by atoms with van der Waals surface area (Å²) in [5, 5.41) is 1.84. The smallest absolute Gasteiger partial charge is 0.0930 e. The summed E-state index contributed by atoms with van der Waals surface area (Å²) in [5.74, 6) is 0. The quantitative estimate of drug-likeness (QED) is 0.348. The minimum absolute atomic E-state index is 0.795. The van der Waals surface area contributed by atoms with E-state index in [1.165, 1.54) is 0 Å². The zero-order chi connectivity index (χ0) is 4.83. The average molecular weight is 89.1 g/mol. The molecule has 0 unspecified atom stereocenters. The number of rotatable bonds is 3. The molecule has 0 aliphatic carbocycles. The Morgan fingerprint density at radius 3 is 2.67 bits per heavy atom. The molecule has 0 spiro atoms. The van der Waals surface area contributed by atoms with Gasteiger partial charge in [-0.05, 0) is 0 Å². The van der Waals surface area contributed by atoms with Crippen molar-refractivity contribution in [1.29, 1.82) is 0 Å². The lowest BCUT2D eigenvalue weighted by Gasteiger charge is -1.94. The number of nitrogens with two attached hydrogens (primary N) is 1. The molecular formula is C4H11NO. The van der Waals surface area contributed by atoms with Gasteiger partial charge in [-0.15, -0.1) is 0 Å². The zero-order valence-corrected chi connectivity index (χ0v) is 4.11. The van der Waals surface area contributed by atoms with Gasteiger partial charge in [-0.3, -0.25) is 0 Å². The normalized spacial score (nSPS) is 9.00. The van der Waals surface area contributed by atoms with E-state index in [0.717, 1.165) is 13.2 Å². The highest BCUT2D eigenvalue weighted by Crippen LogP contribution is 1.52. The Morgan fingerprint density at radius 2 is 2.50 bits per heavy atom. The van der Waals surface area contributed by atoms with Crippen molar-refractivity contribution in [1.82, 2.24) is 0 Å². The van der Waals surface area contributed by atoms with Gasteiger partial charge in [0.25, 0.3) is 0 Å². The molecular weight excluding hydrogens is 78.0 g/mol. The summed E-state index contributed by atoms with van der Waals surface area (Å²) in [4.78, 5) is 0. The van der Waals surface area contributed by atoms with Gasteiger partial charge in [0.05, 0.1) is 13.2 Å². The molecule has 38 valence electrons. The van der Waals surface area contributed by atoms with Crippen LogP contribution in [0.4, 0.5) is 0 Å². The second-order valence-corrected chi connectivity index (χ2v) is 1.07. The molecule has 0 aliphatic rings. The van der Waals surface area contributed by atoms with Crippen molar-refractivity contribution < 1.29 is 10.1 Å². The van der Waals surface area contributed by atoms with Crippen molar-refractivity contribution in [2.75, 3.05) is 20.3 Å². The maximum Gasteiger partial charge on any atom is 0.0930 e. The number of quaternary nitrogens is 1. The first-order valence-corrected chi connectivity index (χ1v) is 2.01. The van der Waals surface area contributed by atoms with Crippen molar-refractivity contribution in [3.63, 3.8) is 0 Å². The molecule has 6 heavy (non-hydrogen) atoms. The van der Waals surface area contributed by atoms with E-state index in [9.17, 15) is 0 Å². The van der Waals surface area contributed by atoms with Crippen molar-refractivity contribution in [3.05, 3.63) is 7.05 Å². The molecule has 0 atom stereocenters. The van der Waals surface area contributed by atoms with Crippen molar-refractivity contribution in [2.45, 2.75) is 0 Å². The molecule has 0 saturated heterocycles. The van der Waals surface area contributed by atoms with Gasteiger partial charge < -0.3 is 10.1 Å². The Balaban J connectivity index is 2.34. The molecule has 0 rings (SSSR count). The lowest BCUT2D eigenvalue weighted by atomic mass is 10.7. The Kier molecular flexibility index (Phi) is 4.85. The third-order valence-corrected chi connectivity index (χ3v) is 0.526. The maximum atomic E-state index is 4.71. The molecule has 0 heterocycles. The molecule has 0 saturated carbocycles. The standard InChI is InChI=1S/C4H11NO/c1-5-3-4-6-2/h1,3-5H2,2H3. The van der Waals surface area contributed by atoms with Crippen LogP contribution in [0, 0.1) is 7.05 Å². The van der Waals surface area contributed by atoms with Crippen LogP contribution in [0.15, 0.2) is 0 Å². The molecule has 0 bridgehead atoms. The highest BCUT2D eigenvalue weighted by molar-refractivity contribution is 4.14. The van der Waals surface area contributed by atoms with Crippen LogP contribution in [-0.4, -0.2) is 20.3 Å². The van der Waals surface area contributed by atoms with Crippen LogP contribution in [0.3, 0.4) is 0 Å². The number of hydrogen-bond acceptors (Lipinski definition) is 1. The lowest BCUT2D eigenvalue weighted by Crippen LogP contribution is -2.77. The van der Waals surface area contributed by atoms with Crippen LogP contribution in [0.25, 0.3) is 0 Å². The third-order valence-electron chi connectivity index (χ3n) is 0.526. The van der Waals surface area contributed by atoms with Gasteiger partial charge in [0.2, 0.25) is 0 Å². The van der Waals surface area contributed by atoms with Crippen LogP contribution in [0.2, 0.25) is 0 Å². The van der Waals surface area contributed by atoms with E-state index in [2.05, 4.69) is 7.05 Å². The van der Waals surface area contributed by atoms with Gasteiger partial charge in [0.1, 0.15) is 0 Å². The molecule has 2 heteroatoms. The predicted molar refractivity (Wildman–Crippen MR) is 24.0 cm³/mol. The zero-order valence-electron chi connectivity index (χ0n) is 4.11. The Hall–Kier alpha value is -0.0800. The number of ether oxygens (including phenoxy) is 1. The van der Waals surface area contributed by atoms with E-state index in [4.69, 9.17) is 4.74 Å². The molecule has 0 fully saturated rings. The highest BCUT2D eigenvalue weighted by atomic mass is 16.5. The Morgan fingerprint density at radius 1 is 1.83 bits per heavy atom. The Bertz CT molecular complexity index is 19.5. The van der Waals surface area contributed by atoms with Crippen LogP contribution < -0.4 is 5.32 Å². The van der Waals surface area contributed by atoms with Gasteiger partial charge in [0, 0.05) is 7.11 Å². The van der Waals surface area contributed by atoms with E-state index in [1.54, 1.807) is 7.11 Å². The molecule has 2 N–H and O–H groups in total. The van der Waals surface area contributed by atoms with Gasteiger partial charge in [-0.2, -0.15) is 7.05 Å². The minimum Gasteiger partial charge on any atom is -0.477 e. The first-order valence-electron chi connectivity index (χ1n) is 2.01. The van der Waals surface area contributed by atoms with E-state index in [0.29, 0.717) is 0 Å². The van der Waals surface area contributed by atoms with E-state index in [1.807, 2.05) is 5.32 Å². The minimum atomic E-state index is 0.795. The summed E-state index contributed by atoms with van der Waals surface area (Å²) in [6.45, 7) is 1.75. The summed E-state index contributed by atoms with van der Waals surface area (Å²) in [5.41, 5.74) is 0. The van der Waals surface area contributed by atoms with Crippen LogP contribution in [-0.2, 0) is 4.74 Å².